The molecule has 3 aliphatic heterocycles. The molecule has 1 aliphatic carbocycles. The van der Waals surface area contributed by atoms with Crippen LogP contribution >= 0.6 is 24.8 Å². The third-order valence-electron chi connectivity index (χ3n) is 6.17. The number of nitrogens with zero attached hydrogens (tertiary/aromatic N) is 3. The predicted molar refractivity (Wildman–Crippen MR) is 106 cm³/mol. The lowest BCUT2D eigenvalue weighted by Gasteiger charge is -2.54. The van der Waals surface area contributed by atoms with Gasteiger partial charge in [0, 0.05) is 31.0 Å². The predicted octanol–water partition coefficient (Wildman–Crippen LogP) is 3.82. The molecule has 136 valence electrons. The smallest absolute Gasteiger partial charge is 0.0548 e. The Bertz CT molecular complexity index is 555. The average Bonchev–Trinajstić information content (AvgIpc) is 2.92. The van der Waals surface area contributed by atoms with Gasteiger partial charge in [-0.3, -0.25) is 9.80 Å². The first-order valence-electron chi connectivity index (χ1n) is 9.08. The molecule has 0 N–H and O–H groups in total. The SMILES string of the molecule is CCN1CCN(CC)[C@H]2C1C(C)=CN1C3=C(CCC=C3)C[C@@H]21.Cl.Cl. The van der Waals surface area contributed by atoms with Crippen molar-refractivity contribution >= 4 is 24.8 Å². The van der Waals surface area contributed by atoms with Crippen molar-refractivity contribution in [1.29, 1.82) is 0 Å². The lowest BCUT2D eigenvalue weighted by molar-refractivity contribution is -0.000226. The Balaban J connectivity index is 0.00000104. The Morgan fingerprint density at radius 2 is 1.79 bits per heavy atom. The summed E-state index contributed by atoms with van der Waals surface area (Å²) in [6, 6.07) is 1.92. The van der Waals surface area contributed by atoms with Gasteiger partial charge in [-0.25, -0.2) is 0 Å². The fraction of sp³-hybridized carbons (Fsp3) is 0.684. The van der Waals surface area contributed by atoms with Crippen LogP contribution in [-0.2, 0) is 0 Å². The molecular formula is C19H31Cl2N3. The average molecular weight is 372 g/mol. The molecule has 24 heavy (non-hydrogen) atoms. The van der Waals surface area contributed by atoms with Crippen molar-refractivity contribution in [2.45, 2.75) is 58.2 Å². The van der Waals surface area contributed by atoms with E-state index in [0.717, 1.165) is 0 Å². The van der Waals surface area contributed by atoms with E-state index in [-0.39, 0.29) is 24.8 Å². The number of rotatable bonds is 2. The summed E-state index contributed by atoms with van der Waals surface area (Å²) in [5, 5.41) is 0. The number of likely N-dealkylation sites (N-methyl/N-ethyl adjacent to an activating group) is 2. The zero-order valence-electron chi connectivity index (χ0n) is 15.1. The van der Waals surface area contributed by atoms with Gasteiger partial charge in [0.25, 0.3) is 0 Å². The van der Waals surface area contributed by atoms with Gasteiger partial charge in [0.05, 0.1) is 12.1 Å². The first-order valence-corrected chi connectivity index (χ1v) is 9.08. The van der Waals surface area contributed by atoms with Crippen LogP contribution in [0.15, 0.2) is 35.2 Å². The lowest BCUT2D eigenvalue weighted by atomic mass is 9.84. The van der Waals surface area contributed by atoms with Crippen LogP contribution in [0.2, 0.25) is 0 Å². The molecule has 0 aromatic carbocycles. The normalized spacial score (nSPS) is 32.4. The molecule has 0 aromatic rings. The van der Waals surface area contributed by atoms with Gasteiger partial charge in [-0.15, -0.1) is 24.8 Å². The van der Waals surface area contributed by atoms with Gasteiger partial charge < -0.3 is 4.90 Å². The maximum absolute atomic E-state index is 2.74. The zero-order valence-corrected chi connectivity index (χ0v) is 16.7. The molecule has 3 heterocycles. The van der Waals surface area contributed by atoms with E-state index in [2.05, 4.69) is 53.8 Å². The second-order valence-corrected chi connectivity index (χ2v) is 7.17. The van der Waals surface area contributed by atoms with E-state index < -0.39 is 0 Å². The Hall–Kier alpha value is -0.480. The number of halogens is 2. The van der Waals surface area contributed by atoms with Crippen molar-refractivity contribution in [3.05, 3.63) is 35.2 Å². The molecule has 4 rings (SSSR count). The monoisotopic (exact) mass is 371 g/mol. The summed E-state index contributed by atoms with van der Waals surface area (Å²) in [5.74, 6) is 0. The maximum Gasteiger partial charge on any atom is 0.0548 e. The minimum absolute atomic E-state index is 0. The van der Waals surface area contributed by atoms with Gasteiger partial charge in [0.2, 0.25) is 0 Å². The van der Waals surface area contributed by atoms with Gasteiger partial charge in [-0.2, -0.15) is 0 Å². The molecule has 0 radical (unpaired) electrons. The number of hydrogen-bond donors (Lipinski definition) is 0. The highest BCUT2D eigenvalue weighted by Gasteiger charge is 2.48. The van der Waals surface area contributed by atoms with Gasteiger partial charge in [0.1, 0.15) is 0 Å². The number of piperazine rings is 1. The van der Waals surface area contributed by atoms with Crippen molar-refractivity contribution < 1.29 is 0 Å². The molecule has 3 nitrogen and oxygen atoms in total. The summed E-state index contributed by atoms with van der Waals surface area (Å²) in [5.41, 5.74) is 4.76. The number of fused-ring (bicyclic) bond motifs is 4. The van der Waals surface area contributed by atoms with Crippen LogP contribution in [0.1, 0.15) is 40.0 Å². The summed E-state index contributed by atoms with van der Waals surface area (Å²) >= 11 is 0. The van der Waals surface area contributed by atoms with Crippen molar-refractivity contribution in [3.8, 4) is 0 Å². The molecule has 1 fully saturated rings. The minimum Gasteiger partial charge on any atom is -0.343 e. The highest BCUT2D eigenvalue weighted by Crippen LogP contribution is 2.43. The topological polar surface area (TPSA) is 9.72 Å². The van der Waals surface area contributed by atoms with Gasteiger partial charge in [0.15, 0.2) is 0 Å². The Labute approximate surface area is 159 Å². The molecule has 0 bridgehead atoms. The van der Waals surface area contributed by atoms with Crippen LogP contribution in [-0.4, -0.2) is 59.0 Å². The largest absolute Gasteiger partial charge is 0.343 e. The Kier molecular flexibility index (Phi) is 6.46. The van der Waals surface area contributed by atoms with E-state index in [9.17, 15) is 0 Å². The minimum atomic E-state index is 0. The Morgan fingerprint density at radius 1 is 1.08 bits per heavy atom. The van der Waals surface area contributed by atoms with Crippen LogP contribution in [0.5, 0.6) is 0 Å². The molecule has 0 amide bonds. The molecule has 0 saturated carbocycles. The van der Waals surface area contributed by atoms with Crippen LogP contribution < -0.4 is 0 Å². The maximum atomic E-state index is 2.74. The van der Waals surface area contributed by atoms with E-state index in [4.69, 9.17) is 0 Å². The first-order chi connectivity index (χ1) is 10.7. The lowest BCUT2D eigenvalue weighted by Crippen LogP contribution is -2.67. The fourth-order valence-electron chi connectivity index (χ4n) is 5.15. The summed E-state index contributed by atoms with van der Waals surface area (Å²) in [6.45, 7) is 11.8. The zero-order chi connectivity index (χ0) is 15.3. The van der Waals surface area contributed by atoms with Crippen molar-refractivity contribution in [3.63, 3.8) is 0 Å². The van der Waals surface area contributed by atoms with Gasteiger partial charge in [-0.05, 0) is 56.5 Å². The summed E-state index contributed by atoms with van der Waals surface area (Å²) in [4.78, 5) is 8.06. The first kappa shape index (κ1) is 19.8. The molecule has 4 aliphatic rings. The molecule has 0 aromatic heterocycles. The third kappa shape index (κ3) is 2.94. The van der Waals surface area contributed by atoms with Crippen molar-refractivity contribution in [2.75, 3.05) is 26.2 Å². The van der Waals surface area contributed by atoms with E-state index >= 15 is 0 Å². The van der Waals surface area contributed by atoms with E-state index in [1.54, 1.807) is 11.1 Å². The second-order valence-electron chi connectivity index (χ2n) is 7.17. The molecule has 1 saturated heterocycles. The van der Waals surface area contributed by atoms with E-state index in [1.807, 2.05) is 0 Å². The summed E-state index contributed by atoms with van der Waals surface area (Å²) in [6.07, 6.45) is 11.0. The quantitative estimate of drug-likeness (QED) is 0.730. The van der Waals surface area contributed by atoms with Crippen molar-refractivity contribution in [2.24, 2.45) is 0 Å². The molecule has 1 unspecified atom stereocenters. The fourth-order valence-corrected chi connectivity index (χ4v) is 5.15. The third-order valence-corrected chi connectivity index (χ3v) is 6.17. The van der Waals surface area contributed by atoms with Gasteiger partial charge >= 0.3 is 0 Å². The van der Waals surface area contributed by atoms with Crippen molar-refractivity contribution in [1.82, 2.24) is 14.7 Å². The van der Waals surface area contributed by atoms with Crippen LogP contribution in [0, 0.1) is 0 Å². The molecular weight excluding hydrogens is 341 g/mol. The highest BCUT2D eigenvalue weighted by atomic mass is 35.5. The number of hydrogen-bond acceptors (Lipinski definition) is 3. The van der Waals surface area contributed by atoms with Crippen LogP contribution in [0.3, 0.4) is 0 Å². The summed E-state index contributed by atoms with van der Waals surface area (Å²) < 4.78 is 0. The number of allylic oxidation sites excluding steroid dienone is 2. The highest BCUT2D eigenvalue weighted by molar-refractivity contribution is 5.85. The standard InChI is InChI=1S/C19H29N3.2ClH/c1-4-20-10-11-21(5-2)19-17-12-15-8-6-7-9-16(15)22(17)13-14(3)18(19)20;;/h7,9,13,17-19H,4-6,8,10-12H2,1-3H3;2*1H/t17-,18?,19+;;/m0../s1. The second kappa shape index (κ2) is 7.82. The summed E-state index contributed by atoms with van der Waals surface area (Å²) in [7, 11) is 0. The van der Waals surface area contributed by atoms with Gasteiger partial charge in [-0.1, -0.05) is 19.9 Å². The van der Waals surface area contributed by atoms with E-state index in [0.29, 0.717) is 18.1 Å². The Morgan fingerprint density at radius 3 is 2.50 bits per heavy atom. The van der Waals surface area contributed by atoms with Crippen LogP contribution in [0.4, 0.5) is 0 Å². The molecule has 5 heteroatoms. The van der Waals surface area contributed by atoms with Crippen LogP contribution in [0.25, 0.3) is 0 Å². The molecule has 0 spiro atoms. The molecule has 3 atom stereocenters. The van der Waals surface area contributed by atoms with E-state index in [1.165, 1.54) is 51.1 Å².